The molecular formula is C13H20O4. The molecule has 4 heteroatoms. The highest BCUT2D eigenvalue weighted by atomic mass is 16.5. The molecule has 0 aromatic rings. The number of hydrogen-bond acceptors (Lipinski definition) is 4. The lowest BCUT2D eigenvalue weighted by Crippen LogP contribution is -2.24. The molecule has 17 heavy (non-hydrogen) atoms. The number of hydrogen-bond donors (Lipinski definition) is 0. The van der Waals surface area contributed by atoms with E-state index in [4.69, 9.17) is 14.2 Å². The Morgan fingerprint density at radius 2 is 2.24 bits per heavy atom. The molecule has 4 nitrogen and oxygen atoms in total. The van der Waals surface area contributed by atoms with Crippen molar-refractivity contribution in [2.24, 2.45) is 5.92 Å². The highest BCUT2D eigenvalue weighted by Gasteiger charge is 2.38. The lowest BCUT2D eigenvalue weighted by Gasteiger charge is -2.13. The molecule has 1 fully saturated rings. The summed E-state index contributed by atoms with van der Waals surface area (Å²) in [5, 5.41) is 0. The molecule has 0 aliphatic carbocycles. The van der Waals surface area contributed by atoms with Gasteiger partial charge in [-0.05, 0) is 26.3 Å². The third kappa shape index (κ3) is 3.89. The first-order valence-corrected chi connectivity index (χ1v) is 5.95. The van der Waals surface area contributed by atoms with E-state index in [2.05, 4.69) is 6.58 Å². The van der Waals surface area contributed by atoms with Gasteiger partial charge in [-0.2, -0.15) is 0 Å². The number of ether oxygens (including phenoxy) is 3. The van der Waals surface area contributed by atoms with Crippen molar-refractivity contribution in [1.82, 2.24) is 0 Å². The highest BCUT2D eigenvalue weighted by molar-refractivity contribution is 5.74. The second-order valence-electron chi connectivity index (χ2n) is 3.75. The lowest BCUT2D eigenvalue weighted by atomic mass is 9.99. The number of carbonyl (C=O) groups is 1. The molecule has 1 heterocycles. The Balaban J connectivity index is 2.63. The predicted octanol–water partition coefficient (Wildman–Crippen LogP) is 2.06. The van der Waals surface area contributed by atoms with Gasteiger partial charge in [-0.3, -0.25) is 4.79 Å². The van der Waals surface area contributed by atoms with Gasteiger partial charge in [0.25, 0.3) is 0 Å². The van der Waals surface area contributed by atoms with Crippen molar-refractivity contribution in [1.29, 1.82) is 0 Å². The van der Waals surface area contributed by atoms with E-state index in [1.807, 2.05) is 6.92 Å². The minimum atomic E-state index is -0.288. The molecule has 0 N–H and O–H groups in total. The van der Waals surface area contributed by atoms with Crippen molar-refractivity contribution in [3.63, 3.8) is 0 Å². The molecule has 0 bridgehead atoms. The van der Waals surface area contributed by atoms with E-state index in [1.54, 1.807) is 25.3 Å². The van der Waals surface area contributed by atoms with Crippen LogP contribution in [-0.4, -0.2) is 31.4 Å². The van der Waals surface area contributed by atoms with Crippen LogP contribution in [0.25, 0.3) is 0 Å². The number of rotatable bonds is 6. The molecule has 0 saturated carbocycles. The van der Waals surface area contributed by atoms with Gasteiger partial charge in [0, 0.05) is 0 Å². The van der Waals surface area contributed by atoms with E-state index in [1.165, 1.54) is 0 Å². The van der Waals surface area contributed by atoms with Crippen molar-refractivity contribution in [3.8, 4) is 0 Å². The molecule has 0 radical (unpaired) electrons. The molecule has 3 atom stereocenters. The topological polar surface area (TPSA) is 44.8 Å². The van der Waals surface area contributed by atoms with Gasteiger partial charge < -0.3 is 14.2 Å². The van der Waals surface area contributed by atoms with E-state index in [-0.39, 0.29) is 24.1 Å². The maximum absolute atomic E-state index is 11.7. The summed E-state index contributed by atoms with van der Waals surface area (Å²) in [7, 11) is 0. The molecule has 0 spiro atoms. The third-order valence-corrected chi connectivity index (χ3v) is 2.60. The Labute approximate surface area is 102 Å². The molecule has 0 aromatic heterocycles. The van der Waals surface area contributed by atoms with Gasteiger partial charge in [0.05, 0.1) is 37.6 Å². The van der Waals surface area contributed by atoms with Crippen LogP contribution in [0.15, 0.2) is 25.0 Å². The van der Waals surface area contributed by atoms with E-state index in [9.17, 15) is 4.79 Å². The van der Waals surface area contributed by atoms with Crippen molar-refractivity contribution in [2.75, 3.05) is 13.2 Å². The summed E-state index contributed by atoms with van der Waals surface area (Å²) in [6.45, 7) is 8.35. The number of carbonyl (C=O) groups excluding carboxylic acids is 1. The molecular weight excluding hydrogens is 220 g/mol. The molecule has 96 valence electrons. The van der Waals surface area contributed by atoms with Gasteiger partial charge >= 0.3 is 5.97 Å². The Hall–Kier alpha value is -1.29. The van der Waals surface area contributed by atoms with E-state index in [0.717, 1.165) is 0 Å². The second-order valence-corrected chi connectivity index (χ2v) is 3.75. The van der Waals surface area contributed by atoms with Crippen molar-refractivity contribution >= 4 is 5.97 Å². The highest BCUT2D eigenvalue weighted by Crippen LogP contribution is 2.29. The first-order chi connectivity index (χ1) is 8.22. The third-order valence-electron chi connectivity index (χ3n) is 2.60. The Morgan fingerprint density at radius 1 is 1.47 bits per heavy atom. The van der Waals surface area contributed by atoms with E-state index < -0.39 is 0 Å². The summed E-state index contributed by atoms with van der Waals surface area (Å²) >= 11 is 0. The second kappa shape index (κ2) is 7.12. The van der Waals surface area contributed by atoms with E-state index >= 15 is 0 Å². The van der Waals surface area contributed by atoms with Crippen LogP contribution >= 0.6 is 0 Å². The van der Waals surface area contributed by atoms with Crippen LogP contribution in [0, 0.1) is 5.92 Å². The van der Waals surface area contributed by atoms with Crippen LogP contribution < -0.4 is 0 Å². The quantitative estimate of drug-likeness (QED) is 0.405. The smallest absolute Gasteiger partial charge is 0.312 e. The van der Waals surface area contributed by atoms with Gasteiger partial charge in [-0.15, -0.1) is 6.58 Å². The molecule has 1 rings (SSSR count). The summed E-state index contributed by atoms with van der Waals surface area (Å²) in [4.78, 5) is 11.7. The Morgan fingerprint density at radius 3 is 2.82 bits per heavy atom. The van der Waals surface area contributed by atoms with E-state index in [0.29, 0.717) is 19.6 Å². The van der Waals surface area contributed by atoms with Gasteiger partial charge in [0.2, 0.25) is 0 Å². The molecule has 1 aliphatic rings. The first kappa shape index (κ1) is 13.8. The van der Waals surface area contributed by atoms with Crippen LogP contribution in [0.2, 0.25) is 0 Å². The van der Waals surface area contributed by atoms with Crippen molar-refractivity contribution in [2.45, 2.75) is 32.5 Å². The zero-order valence-corrected chi connectivity index (χ0v) is 10.4. The normalized spacial score (nSPS) is 28.2. The molecule has 0 amide bonds. The maximum Gasteiger partial charge on any atom is 0.312 e. The summed E-state index contributed by atoms with van der Waals surface area (Å²) in [5.41, 5.74) is 0. The van der Waals surface area contributed by atoms with Gasteiger partial charge in [-0.25, -0.2) is 0 Å². The van der Waals surface area contributed by atoms with Crippen LogP contribution in [0.4, 0.5) is 0 Å². The maximum atomic E-state index is 11.7. The van der Waals surface area contributed by atoms with Crippen LogP contribution in [-0.2, 0) is 19.0 Å². The fraction of sp³-hybridized carbons (Fsp3) is 0.615. The summed E-state index contributed by atoms with van der Waals surface area (Å²) in [6, 6.07) is 0. The zero-order chi connectivity index (χ0) is 12.7. The largest absolute Gasteiger partial charge is 0.502 e. The average molecular weight is 240 g/mol. The summed E-state index contributed by atoms with van der Waals surface area (Å²) in [5.74, 6) is -0.488. The standard InChI is InChI=1S/C13H20O4/c1-4-10-9-11(13(14)16-6-3)12(17-10)7-8-15-5-2/h4,7-8,10-12H,1,5-6,9H2,2-3H3/b8-7-/t10-,11+,12+/m0/s1. The van der Waals surface area contributed by atoms with Crippen molar-refractivity contribution < 1.29 is 19.0 Å². The lowest BCUT2D eigenvalue weighted by molar-refractivity contribution is -0.149. The van der Waals surface area contributed by atoms with Gasteiger partial charge in [-0.1, -0.05) is 6.08 Å². The van der Waals surface area contributed by atoms with Gasteiger partial charge in [0.15, 0.2) is 0 Å². The van der Waals surface area contributed by atoms with Crippen LogP contribution in [0.3, 0.4) is 0 Å². The Bertz CT molecular complexity index is 285. The average Bonchev–Trinajstić information content (AvgIpc) is 2.73. The fourth-order valence-corrected chi connectivity index (χ4v) is 1.78. The van der Waals surface area contributed by atoms with Crippen LogP contribution in [0.1, 0.15) is 20.3 Å². The predicted molar refractivity (Wildman–Crippen MR) is 64.4 cm³/mol. The minimum absolute atomic E-state index is 0.0966. The summed E-state index contributed by atoms with van der Waals surface area (Å²) < 4.78 is 15.8. The fourth-order valence-electron chi connectivity index (χ4n) is 1.78. The molecule has 0 unspecified atom stereocenters. The summed E-state index contributed by atoms with van der Waals surface area (Å²) in [6.07, 6.45) is 5.27. The minimum Gasteiger partial charge on any atom is -0.502 e. The molecule has 0 aromatic carbocycles. The zero-order valence-electron chi connectivity index (χ0n) is 10.4. The van der Waals surface area contributed by atoms with Crippen molar-refractivity contribution in [3.05, 3.63) is 25.0 Å². The molecule has 1 aliphatic heterocycles. The Kier molecular flexibility index (Phi) is 5.77. The van der Waals surface area contributed by atoms with Crippen LogP contribution in [0.5, 0.6) is 0 Å². The number of esters is 1. The SMILES string of the molecule is C=C[C@H]1C[C@@H](C(=O)OCC)[C@@H](/C=C\OCC)O1. The molecule has 1 saturated heterocycles. The van der Waals surface area contributed by atoms with Gasteiger partial charge in [0.1, 0.15) is 0 Å². The first-order valence-electron chi connectivity index (χ1n) is 5.95. The monoisotopic (exact) mass is 240 g/mol.